The molecule has 0 bridgehead atoms. The summed E-state index contributed by atoms with van der Waals surface area (Å²) in [5.41, 5.74) is 10.2. The van der Waals surface area contributed by atoms with Crippen molar-refractivity contribution in [1.82, 2.24) is 5.32 Å². The van der Waals surface area contributed by atoms with Gasteiger partial charge in [-0.1, -0.05) is 137 Å². The molecule has 51 heavy (non-hydrogen) atoms. The summed E-state index contributed by atoms with van der Waals surface area (Å²) >= 11 is 0. The van der Waals surface area contributed by atoms with Crippen LogP contribution in [0.5, 0.6) is 0 Å². The highest BCUT2D eigenvalue weighted by atomic mass is 16.3. The summed E-state index contributed by atoms with van der Waals surface area (Å²) in [5, 5.41) is 10.8. The summed E-state index contributed by atoms with van der Waals surface area (Å²) in [6, 6.07) is 49.9. The molecule has 4 nitrogen and oxygen atoms in total. The molecule has 7 aromatic carbocycles. The Labute approximate surface area is 297 Å². The molecule has 1 aliphatic heterocycles. The Morgan fingerprint density at radius 3 is 2.00 bits per heavy atom. The molecule has 0 saturated carbocycles. The molecule has 1 atom stereocenters. The Bertz CT molecular complexity index is 2780. The summed E-state index contributed by atoms with van der Waals surface area (Å²) in [4.78, 5) is 10.3. The predicted octanol–water partition coefficient (Wildman–Crippen LogP) is 11.6. The maximum atomic E-state index is 6.25. The van der Waals surface area contributed by atoms with Gasteiger partial charge in [-0.15, -0.1) is 0 Å². The highest BCUT2D eigenvalue weighted by molar-refractivity contribution is 6.18. The Balaban J connectivity index is 1.10. The lowest BCUT2D eigenvalue weighted by molar-refractivity contribution is 0.299. The molecule has 1 unspecified atom stereocenters. The lowest BCUT2D eigenvalue weighted by Crippen LogP contribution is -2.43. The molecule has 246 valence electrons. The first-order valence-electron chi connectivity index (χ1n) is 17.8. The van der Waals surface area contributed by atoms with Gasteiger partial charge in [0.1, 0.15) is 22.8 Å². The molecule has 4 heteroatoms. The predicted molar refractivity (Wildman–Crippen MR) is 212 cm³/mol. The molecule has 0 amide bonds. The average Bonchev–Trinajstić information content (AvgIpc) is 3.55. The van der Waals surface area contributed by atoms with Crippen molar-refractivity contribution in [3.8, 4) is 11.1 Å². The fourth-order valence-corrected chi connectivity index (χ4v) is 8.33. The monoisotopic (exact) mass is 659 g/mol. The quantitative estimate of drug-likeness (QED) is 0.192. The van der Waals surface area contributed by atoms with Crippen molar-refractivity contribution in [3.63, 3.8) is 0 Å². The van der Waals surface area contributed by atoms with E-state index in [1.54, 1.807) is 0 Å². The van der Waals surface area contributed by atoms with Crippen LogP contribution in [0.25, 0.3) is 54.6 Å². The van der Waals surface area contributed by atoms with E-state index in [0.29, 0.717) is 0 Å². The molecule has 1 N–H and O–H groups in total. The summed E-state index contributed by atoms with van der Waals surface area (Å²) in [5.74, 6) is 1.59. The van der Waals surface area contributed by atoms with E-state index in [4.69, 9.17) is 14.4 Å². The van der Waals surface area contributed by atoms with Crippen LogP contribution in [-0.4, -0.2) is 11.7 Å². The van der Waals surface area contributed by atoms with E-state index in [-0.39, 0.29) is 10.8 Å². The van der Waals surface area contributed by atoms with Gasteiger partial charge in [0.25, 0.3) is 0 Å². The molecule has 1 aromatic heterocycles. The minimum absolute atomic E-state index is 0.0175. The van der Waals surface area contributed by atoms with Gasteiger partial charge in [-0.2, -0.15) is 0 Å². The van der Waals surface area contributed by atoms with E-state index in [9.17, 15) is 0 Å². The third-order valence-corrected chi connectivity index (χ3v) is 11.9. The van der Waals surface area contributed by atoms with Gasteiger partial charge in [0.15, 0.2) is 6.17 Å². The van der Waals surface area contributed by atoms with Gasteiger partial charge in [0, 0.05) is 27.5 Å². The van der Waals surface area contributed by atoms with Crippen molar-refractivity contribution in [2.24, 2.45) is 9.98 Å². The van der Waals surface area contributed by atoms with Crippen LogP contribution in [0.1, 0.15) is 61.7 Å². The van der Waals surface area contributed by atoms with Gasteiger partial charge in [0.2, 0.25) is 0 Å². The smallest absolute Gasteiger partial charge is 0.169 e. The van der Waals surface area contributed by atoms with Crippen molar-refractivity contribution in [2.45, 2.75) is 44.7 Å². The van der Waals surface area contributed by atoms with Gasteiger partial charge >= 0.3 is 0 Å². The molecular formula is C47H37N3O. The topological polar surface area (TPSA) is 49.9 Å². The minimum atomic E-state index is -0.429. The maximum Gasteiger partial charge on any atom is 0.169 e. The Kier molecular flexibility index (Phi) is 6.30. The number of furan rings is 1. The first kappa shape index (κ1) is 29.9. The fourth-order valence-electron chi connectivity index (χ4n) is 8.33. The van der Waals surface area contributed by atoms with Gasteiger partial charge in [-0.3, -0.25) is 0 Å². The third kappa shape index (κ3) is 4.45. The Morgan fingerprint density at radius 1 is 0.490 bits per heavy atom. The van der Waals surface area contributed by atoms with Crippen LogP contribution in [0.3, 0.4) is 0 Å². The molecule has 0 spiro atoms. The summed E-state index contributed by atoms with van der Waals surface area (Å²) < 4.78 is 6.25. The van der Waals surface area contributed by atoms with Gasteiger partial charge < -0.3 is 9.73 Å². The number of rotatable bonds is 3. The molecule has 1 aliphatic carbocycles. The number of amidine groups is 2. The standard InChI is InChI=1S/C47H37N3O/c1-46(2)39-16-10-8-14-34(39)38-25-30-19-18-29-24-31(20-22-33(29)37(30)27-40(38)47(46,3)4)44-48-43(28-12-6-5-7-13-28)49-45(50-44)32-21-23-36-35-15-9-11-17-41(35)51-42(36)26-32/h5-27,45H,1-4H3,(H,48,49,50). The average molecular weight is 660 g/mol. The minimum Gasteiger partial charge on any atom is -0.456 e. The third-order valence-electron chi connectivity index (χ3n) is 11.9. The van der Waals surface area contributed by atoms with E-state index >= 15 is 0 Å². The second-order valence-corrected chi connectivity index (χ2v) is 15.1. The lowest BCUT2D eigenvalue weighted by Gasteiger charge is -2.48. The Hall–Kier alpha value is -6.00. The normalized spacial score (nSPS) is 17.5. The zero-order valence-corrected chi connectivity index (χ0v) is 29.2. The summed E-state index contributed by atoms with van der Waals surface area (Å²) in [6.45, 7) is 9.58. The molecule has 8 aromatic rings. The van der Waals surface area contributed by atoms with Crippen LogP contribution >= 0.6 is 0 Å². The highest BCUT2D eigenvalue weighted by Crippen LogP contribution is 2.54. The number of nitrogens with zero attached hydrogens (tertiary/aromatic N) is 2. The fraction of sp³-hybridized carbons (Fsp3) is 0.149. The summed E-state index contributed by atoms with van der Waals surface area (Å²) in [7, 11) is 0. The second-order valence-electron chi connectivity index (χ2n) is 15.1. The largest absolute Gasteiger partial charge is 0.456 e. The molecule has 0 radical (unpaired) electrons. The van der Waals surface area contributed by atoms with Crippen molar-refractivity contribution >= 4 is 55.2 Å². The molecular weight excluding hydrogens is 623 g/mol. The van der Waals surface area contributed by atoms with Crippen molar-refractivity contribution in [3.05, 3.63) is 167 Å². The number of hydrogen-bond donors (Lipinski definition) is 1. The van der Waals surface area contributed by atoms with E-state index in [0.717, 1.165) is 50.3 Å². The molecule has 2 aliphatic rings. The van der Waals surface area contributed by atoms with Crippen molar-refractivity contribution < 1.29 is 4.42 Å². The Morgan fingerprint density at radius 2 is 1.16 bits per heavy atom. The van der Waals surface area contributed by atoms with Crippen molar-refractivity contribution in [1.29, 1.82) is 0 Å². The molecule has 2 heterocycles. The molecule has 0 fully saturated rings. The van der Waals surface area contributed by atoms with Crippen LogP contribution in [-0.2, 0) is 10.8 Å². The van der Waals surface area contributed by atoms with Gasteiger partial charge in [0.05, 0.1) is 0 Å². The zero-order chi connectivity index (χ0) is 34.5. The first-order chi connectivity index (χ1) is 24.8. The molecule has 0 saturated heterocycles. The number of hydrogen-bond acceptors (Lipinski definition) is 4. The second kappa shape index (κ2) is 10.7. The molecule has 10 rings (SSSR count). The SMILES string of the molecule is CC1(C)c2ccccc2-c2cc3ccc4cc(C5=NC(c6ccc7c(c6)oc6ccccc67)N=C(c6ccccc6)N5)ccc4c3cc2C1(C)C. The van der Waals surface area contributed by atoms with Crippen LogP contribution in [0.15, 0.2) is 154 Å². The van der Waals surface area contributed by atoms with Crippen LogP contribution in [0.4, 0.5) is 0 Å². The summed E-state index contributed by atoms with van der Waals surface area (Å²) in [6.07, 6.45) is -0.429. The lowest BCUT2D eigenvalue weighted by atomic mass is 9.55. The maximum absolute atomic E-state index is 6.25. The number of nitrogens with one attached hydrogen (secondary N) is 1. The number of aliphatic imine (C=N–C) groups is 2. The number of fused-ring (bicyclic) bond motifs is 9. The van der Waals surface area contributed by atoms with E-state index in [1.807, 2.05) is 36.4 Å². The highest BCUT2D eigenvalue weighted by Gasteiger charge is 2.45. The number of para-hydroxylation sites is 1. The number of benzene rings is 7. The van der Waals surface area contributed by atoms with Crippen LogP contribution < -0.4 is 5.32 Å². The van der Waals surface area contributed by atoms with Crippen LogP contribution in [0, 0.1) is 0 Å². The zero-order valence-electron chi connectivity index (χ0n) is 29.2. The van der Waals surface area contributed by atoms with Crippen molar-refractivity contribution in [2.75, 3.05) is 0 Å². The first-order valence-corrected chi connectivity index (χ1v) is 17.8. The van der Waals surface area contributed by atoms with Gasteiger partial charge in [-0.25, -0.2) is 9.98 Å². The van der Waals surface area contributed by atoms with E-state index in [1.165, 1.54) is 43.8 Å². The van der Waals surface area contributed by atoms with E-state index in [2.05, 4.69) is 136 Å². The van der Waals surface area contributed by atoms with Crippen LogP contribution in [0.2, 0.25) is 0 Å². The van der Waals surface area contributed by atoms with E-state index < -0.39 is 6.17 Å². The van der Waals surface area contributed by atoms with Gasteiger partial charge in [-0.05, 0) is 85.0 Å².